The predicted molar refractivity (Wildman–Crippen MR) is 65.9 cm³/mol. The Balaban J connectivity index is 1.74. The van der Waals surface area contributed by atoms with Crippen LogP contribution in [0.4, 0.5) is 0 Å². The van der Waals surface area contributed by atoms with Crippen molar-refractivity contribution in [2.45, 2.75) is 63.6 Å². The summed E-state index contributed by atoms with van der Waals surface area (Å²) in [5.41, 5.74) is 0. The first-order valence-corrected chi connectivity index (χ1v) is 7.12. The van der Waals surface area contributed by atoms with E-state index in [-0.39, 0.29) is 0 Å². The summed E-state index contributed by atoms with van der Waals surface area (Å²) in [5, 5.41) is 0. The van der Waals surface area contributed by atoms with Gasteiger partial charge in [0.25, 0.3) is 0 Å². The van der Waals surface area contributed by atoms with Crippen LogP contribution in [0.2, 0.25) is 0 Å². The van der Waals surface area contributed by atoms with Gasteiger partial charge in [-0.15, -0.1) is 0 Å². The highest BCUT2D eigenvalue weighted by atomic mass is 16.5. The van der Waals surface area contributed by atoms with Gasteiger partial charge in [0.15, 0.2) is 0 Å². The van der Waals surface area contributed by atoms with E-state index in [2.05, 4.69) is 11.8 Å². The molecule has 96 valence electrons. The van der Waals surface area contributed by atoms with Crippen molar-refractivity contribution in [2.24, 2.45) is 5.92 Å². The van der Waals surface area contributed by atoms with Gasteiger partial charge in [0.05, 0.1) is 6.61 Å². The van der Waals surface area contributed by atoms with Crippen LogP contribution in [0.15, 0.2) is 0 Å². The van der Waals surface area contributed by atoms with E-state index in [1.165, 1.54) is 25.7 Å². The molecular weight excluding hydrogens is 214 g/mol. The van der Waals surface area contributed by atoms with Crippen LogP contribution in [0.3, 0.4) is 0 Å². The molecule has 4 atom stereocenters. The molecule has 0 spiro atoms. The fraction of sp³-hybridized carbons (Fsp3) is 0.929. The van der Waals surface area contributed by atoms with Gasteiger partial charge in [-0.05, 0) is 32.1 Å². The van der Waals surface area contributed by atoms with Crippen LogP contribution in [-0.2, 0) is 9.53 Å². The third kappa shape index (κ3) is 2.15. The molecule has 0 aromatic rings. The number of piperidine rings is 2. The predicted octanol–water partition coefficient (Wildman–Crippen LogP) is 2.00. The zero-order valence-corrected chi connectivity index (χ0v) is 10.7. The molecule has 3 nitrogen and oxygen atoms in total. The Hall–Kier alpha value is -0.410. The van der Waals surface area contributed by atoms with Crippen molar-refractivity contribution >= 4 is 5.78 Å². The Labute approximate surface area is 104 Å². The summed E-state index contributed by atoms with van der Waals surface area (Å²) in [5.74, 6) is 1.18. The highest BCUT2D eigenvalue weighted by Crippen LogP contribution is 2.36. The number of fused-ring (bicyclic) bond motifs is 2. The number of nitrogens with zero attached hydrogens (tertiary/aromatic N) is 1. The molecule has 3 rings (SSSR count). The molecule has 3 fully saturated rings. The molecule has 3 heteroatoms. The molecule has 0 aliphatic carbocycles. The van der Waals surface area contributed by atoms with E-state index in [0.717, 1.165) is 26.1 Å². The minimum Gasteiger partial charge on any atom is -0.381 e. The van der Waals surface area contributed by atoms with Crippen LogP contribution >= 0.6 is 0 Å². The van der Waals surface area contributed by atoms with Crippen LogP contribution in [0.1, 0.15) is 45.4 Å². The number of carbonyl (C=O) groups excluding carboxylic acids is 1. The monoisotopic (exact) mass is 237 g/mol. The number of carbonyl (C=O) groups is 1. The van der Waals surface area contributed by atoms with Gasteiger partial charge in [0.2, 0.25) is 0 Å². The number of hydrogen-bond donors (Lipinski definition) is 0. The number of hydrogen-bond acceptors (Lipinski definition) is 3. The molecule has 0 radical (unpaired) electrons. The summed E-state index contributed by atoms with van der Waals surface area (Å²) in [7, 11) is 0. The molecule has 17 heavy (non-hydrogen) atoms. The molecule has 3 heterocycles. The summed E-state index contributed by atoms with van der Waals surface area (Å²) >= 11 is 0. The van der Waals surface area contributed by atoms with Crippen molar-refractivity contribution < 1.29 is 9.53 Å². The Morgan fingerprint density at radius 2 is 1.94 bits per heavy atom. The minimum atomic E-state index is 0.492. The second-order valence-electron chi connectivity index (χ2n) is 6.00. The normalized spacial score (nSPS) is 40.5. The summed E-state index contributed by atoms with van der Waals surface area (Å²) in [4.78, 5) is 14.4. The smallest absolute Gasteiger partial charge is 0.136 e. The lowest BCUT2D eigenvalue weighted by atomic mass is 9.81. The largest absolute Gasteiger partial charge is 0.381 e. The molecule has 0 amide bonds. The molecule has 3 saturated heterocycles. The fourth-order valence-corrected chi connectivity index (χ4v) is 4.05. The first kappa shape index (κ1) is 11.7. The topological polar surface area (TPSA) is 29.5 Å². The van der Waals surface area contributed by atoms with Crippen LogP contribution in [0, 0.1) is 5.92 Å². The maximum absolute atomic E-state index is 11.7. The fourth-order valence-electron chi connectivity index (χ4n) is 4.05. The maximum atomic E-state index is 11.7. The van der Waals surface area contributed by atoms with Crippen molar-refractivity contribution in [3.05, 3.63) is 0 Å². The lowest BCUT2D eigenvalue weighted by Crippen LogP contribution is -2.57. The van der Waals surface area contributed by atoms with E-state index in [1.807, 2.05) is 0 Å². The number of ether oxygens (including phenoxy) is 1. The lowest BCUT2D eigenvalue weighted by Gasteiger charge is -2.50. The molecular formula is C14H23NO2. The van der Waals surface area contributed by atoms with Crippen LogP contribution in [-0.4, -0.2) is 42.0 Å². The molecule has 0 N–H and O–H groups in total. The van der Waals surface area contributed by atoms with Crippen molar-refractivity contribution in [1.82, 2.24) is 4.90 Å². The summed E-state index contributed by atoms with van der Waals surface area (Å²) in [6.45, 7) is 4.20. The molecule has 0 aromatic carbocycles. The van der Waals surface area contributed by atoms with Crippen LogP contribution in [0.5, 0.6) is 0 Å². The minimum absolute atomic E-state index is 0.492. The zero-order valence-electron chi connectivity index (χ0n) is 10.7. The zero-order chi connectivity index (χ0) is 11.8. The van der Waals surface area contributed by atoms with Crippen molar-refractivity contribution in [2.75, 3.05) is 13.2 Å². The van der Waals surface area contributed by atoms with E-state index in [9.17, 15) is 4.79 Å². The second kappa shape index (κ2) is 4.69. The van der Waals surface area contributed by atoms with Gasteiger partial charge in [-0.2, -0.15) is 0 Å². The molecule has 3 aliphatic heterocycles. The van der Waals surface area contributed by atoms with E-state index < -0.39 is 0 Å². The number of rotatable bonds is 2. The highest BCUT2D eigenvalue weighted by molar-refractivity contribution is 5.80. The number of Topliss-reactive ketones (excluding diaryl/α,β-unsaturated/α-hetero) is 1. The third-order valence-corrected chi connectivity index (χ3v) is 4.96. The second-order valence-corrected chi connectivity index (χ2v) is 6.00. The van der Waals surface area contributed by atoms with Crippen molar-refractivity contribution in [3.8, 4) is 0 Å². The summed E-state index contributed by atoms with van der Waals surface area (Å²) < 4.78 is 5.52. The SMILES string of the molecule is CC(C1CCOC1)N1C2CCCC1CC(=O)C2. The van der Waals surface area contributed by atoms with Crippen LogP contribution in [0.25, 0.3) is 0 Å². The van der Waals surface area contributed by atoms with Gasteiger partial charge in [-0.3, -0.25) is 9.69 Å². The molecule has 3 aliphatic rings. The Bertz CT molecular complexity index is 283. The lowest BCUT2D eigenvalue weighted by molar-refractivity contribution is -0.129. The van der Waals surface area contributed by atoms with E-state index >= 15 is 0 Å². The van der Waals surface area contributed by atoms with Gasteiger partial charge in [-0.1, -0.05) is 6.42 Å². The molecule has 4 unspecified atom stereocenters. The Kier molecular flexibility index (Phi) is 3.22. The Morgan fingerprint density at radius 1 is 1.24 bits per heavy atom. The van der Waals surface area contributed by atoms with Gasteiger partial charge >= 0.3 is 0 Å². The first-order chi connectivity index (χ1) is 8.25. The standard InChI is InChI=1S/C14H23NO2/c1-10(11-5-6-17-9-11)15-12-3-2-4-13(15)8-14(16)7-12/h10-13H,2-9H2,1H3. The Morgan fingerprint density at radius 3 is 2.53 bits per heavy atom. The average Bonchev–Trinajstić information content (AvgIpc) is 2.80. The summed E-state index contributed by atoms with van der Waals surface area (Å²) in [6.07, 6.45) is 6.56. The molecule has 2 bridgehead atoms. The third-order valence-electron chi connectivity index (χ3n) is 4.96. The average molecular weight is 237 g/mol. The van der Waals surface area contributed by atoms with Gasteiger partial charge in [0, 0.05) is 37.6 Å². The van der Waals surface area contributed by atoms with Gasteiger partial charge in [-0.25, -0.2) is 0 Å². The van der Waals surface area contributed by atoms with E-state index in [1.54, 1.807) is 0 Å². The van der Waals surface area contributed by atoms with E-state index in [0.29, 0.717) is 29.8 Å². The van der Waals surface area contributed by atoms with Crippen molar-refractivity contribution in [3.63, 3.8) is 0 Å². The van der Waals surface area contributed by atoms with E-state index in [4.69, 9.17) is 4.74 Å². The highest BCUT2D eigenvalue weighted by Gasteiger charge is 2.42. The number of ketones is 1. The maximum Gasteiger partial charge on any atom is 0.136 e. The van der Waals surface area contributed by atoms with Crippen LogP contribution < -0.4 is 0 Å². The quantitative estimate of drug-likeness (QED) is 0.735. The molecule has 0 saturated carbocycles. The first-order valence-electron chi connectivity index (χ1n) is 7.12. The van der Waals surface area contributed by atoms with Crippen molar-refractivity contribution in [1.29, 1.82) is 0 Å². The van der Waals surface area contributed by atoms with Gasteiger partial charge < -0.3 is 4.74 Å². The molecule has 0 aromatic heterocycles. The summed E-state index contributed by atoms with van der Waals surface area (Å²) in [6, 6.07) is 1.66. The van der Waals surface area contributed by atoms with Gasteiger partial charge in [0.1, 0.15) is 5.78 Å².